The average Bonchev–Trinajstić information content (AvgIpc) is 2.82. The summed E-state index contributed by atoms with van der Waals surface area (Å²) in [6.07, 6.45) is -0.973. The second-order valence-corrected chi connectivity index (χ2v) is 8.06. The molecule has 34 heavy (non-hydrogen) atoms. The van der Waals surface area contributed by atoms with E-state index < -0.39 is 24.1 Å². The minimum absolute atomic E-state index is 0.0525. The van der Waals surface area contributed by atoms with Gasteiger partial charge < -0.3 is 25.6 Å². The number of carboxylic acid groups (broad SMARTS) is 2. The number of para-hydroxylation sites is 2. The van der Waals surface area contributed by atoms with Gasteiger partial charge in [-0.05, 0) is 49.7 Å². The van der Waals surface area contributed by atoms with E-state index in [1.54, 1.807) is 13.0 Å². The fourth-order valence-corrected chi connectivity index (χ4v) is 3.65. The van der Waals surface area contributed by atoms with Crippen molar-refractivity contribution < 1.29 is 24.5 Å². The minimum Gasteiger partial charge on any atom is -0.480 e. The van der Waals surface area contributed by atoms with Gasteiger partial charge >= 0.3 is 11.9 Å². The molecule has 0 amide bonds. The Hall–Kier alpha value is -4.17. The molecule has 8 heteroatoms. The fraction of sp³-hybridized carbons (Fsp3) is 0.192. The fourth-order valence-electron chi connectivity index (χ4n) is 3.65. The number of aliphatic carboxylic acids is 2. The molecule has 0 saturated heterocycles. The number of aromatic nitrogens is 1. The number of hydrogen-bond acceptors (Lipinski definition) is 6. The molecule has 174 valence electrons. The van der Waals surface area contributed by atoms with Crippen molar-refractivity contribution in [2.45, 2.75) is 32.6 Å². The summed E-state index contributed by atoms with van der Waals surface area (Å²) < 4.78 is 5.46. The number of fused-ring (bicyclic) bond motifs is 2. The van der Waals surface area contributed by atoms with Crippen LogP contribution in [0.15, 0.2) is 66.7 Å². The van der Waals surface area contributed by atoms with Crippen LogP contribution in [-0.2, 0) is 20.9 Å². The van der Waals surface area contributed by atoms with E-state index in [1.807, 2.05) is 60.7 Å². The van der Waals surface area contributed by atoms with Crippen molar-refractivity contribution >= 4 is 50.8 Å². The standard InChI is InChI=1S/C26H25N3O5/c1-15(25(30)31)27-18-11-17(14-34-16(2)26(32)33)12-19(13-18)28-24-20-7-3-5-9-22(20)29-23-10-6-4-8-21(23)24/h3-13,15-16,27H,14H2,1-2H3,(H,28,29)(H,30,31)(H,32,33). The first-order valence-corrected chi connectivity index (χ1v) is 10.8. The Kier molecular flexibility index (Phi) is 6.60. The maximum atomic E-state index is 11.4. The van der Waals surface area contributed by atoms with Crippen LogP contribution in [0.1, 0.15) is 19.4 Å². The number of nitrogens with one attached hydrogen (secondary N) is 2. The third kappa shape index (κ3) is 5.07. The van der Waals surface area contributed by atoms with Gasteiger partial charge in [-0.1, -0.05) is 36.4 Å². The van der Waals surface area contributed by atoms with E-state index >= 15 is 0 Å². The lowest BCUT2D eigenvalue weighted by Crippen LogP contribution is -2.25. The first-order valence-electron chi connectivity index (χ1n) is 10.8. The van der Waals surface area contributed by atoms with Crippen molar-refractivity contribution in [2.75, 3.05) is 10.6 Å². The van der Waals surface area contributed by atoms with Crippen molar-refractivity contribution in [1.82, 2.24) is 4.98 Å². The van der Waals surface area contributed by atoms with Gasteiger partial charge in [-0.25, -0.2) is 9.78 Å². The van der Waals surface area contributed by atoms with Crippen LogP contribution in [0.4, 0.5) is 17.1 Å². The lowest BCUT2D eigenvalue weighted by atomic mass is 10.1. The zero-order valence-corrected chi connectivity index (χ0v) is 18.8. The van der Waals surface area contributed by atoms with Gasteiger partial charge in [-0.15, -0.1) is 0 Å². The molecule has 0 radical (unpaired) electrons. The number of nitrogens with zero attached hydrogens (tertiary/aromatic N) is 1. The minimum atomic E-state index is -1.05. The molecule has 1 aromatic heterocycles. The molecule has 4 rings (SSSR count). The molecule has 3 aromatic carbocycles. The smallest absolute Gasteiger partial charge is 0.332 e. The van der Waals surface area contributed by atoms with Crippen molar-refractivity contribution in [1.29, 1.82) is 0 Å². The van der Waals surface area contributed by atoms with Crippen molar-refractivity contribution in [3.8, 4) is 0 Å². The van der Waals surface area contributed by atoms with Crippen molar-refractivity contribution in [2.24, 2.45) is 0 Å². The number of carboxylic acids is 2. The number of carbonyl (C=O) groups is 2. The van der Waals surface area contributed by atoms with E-state index in [0.717, 1.165) is 27.5 Å². The highest BCUT2D eigenvalue weighted by atomic mass is 16.5. The third-order valence-corrected chi connectivity index (χ3v) is 5.45. The predicted molar refractivity (Wildman–Crippen MR) is 132 cm³/mol. The zero-order chi connectivity index (χ0) is 24.2. The molecule has 8 nitrogen and oxygen atoms in total. The average molecular weight is 460 g/mol. The molecule has 4 N–H and O–H groups in total. The Morgan fingerprint density at radius 1 is 0.882 bits per heavy atom. The molecule has 0 aliphatic heterocycles. The summed E-state index contributed by atoms with van der Waals surface area (Å²) in [5.74, 6) is -2.04. The number of ether oxygens (including phenoxy) is 1. The number of rotatable bonds is 9. The van der Waals surface area contributed by atoms with Gasteiger partial charge in [0.2, 0.25) is 0 Å². The van der Waals surface area contributed by atoms with Gasteiger partial charge in [0.1, 0.15) is 6.04 Å². The lowest BCUT2D eigenvalue weighted by molar-refractivity contribution is -0.149. The quantitative estimate of drug-likeness (QED) is 0.258. The molecule has 0 bridgehead atoms. The molecule has 2 atom stereocenters. The Morgan fingerprint density at radius 2 is 1.47 bits per heavy atom. The second-order valence-electron chi connectivity index (χ2n) is 8.06. The Balaban J connectivity index is 1.77. The Bertz CT molecular complexity index is 1320. The Morgan fingerprint density at radius 3 is 2.06 bits per heavy atom. The molecule has 0 spiro atoms. The van der Waals surface area contributed by atoms with E-state index in [4.69, 9.17) is 14.8 Å². The van der Waals surface area contributed by atoms with Gasteiger partial charge in [0.05, 0.1) is 23.3 Å². The molecule has 0 aliphatic rings. The van der Waals surface area contributed by atoms with E-state index in [0.29, 0.717) is 16.9 Å². The van der Waals surface area contributed by atoms with Crippen LogP contribution in [0.2, 0.25) is 0 Å². The third-order valence-electron chi connectivity index (χ3n) is 5.45. The molecule has 1 heterocycles. The van der Waals surface area contributed by atoms with E-state index in [9.17, 15) is 14.7 Å². The SMILES string of the molecule is CC(Nc1cc(COC(C)C(=O)O)cc(Nc2c3ccccc3nc3ccccc23)c1)C(=O)O. The molecule has 0 fully saturated rings. The van der Waals surface area contributed by atoms with Crippen LogP contribution in [0, 0.1) is 0 Å². The summed E-state index contributed by atoms with van der Waals surface area (Å²) in [6, 6.07) is 20.3. The van der Waals surface area contributed by atoms with Crippen LogP contribution in [0.3, 0.4) is 0 Å². The zero-order valence-electron chi connectivity index (χ0n) is 18.8. The van der Waals surface area contributed by atoms with Gasteiger partial charge in [-0.2, -0.15) is 0 Å². The van der Waals surface area contributed by atoms with E-state index in [2.05, 4.69) is 10.6 Å². The number of pyridine rings is 1. The highest BCUT2D eigenvalue weighted by Gasteiger charge is 2.15. The maximum absolute atomic E-state index is 11.4. The summed E-state index contributed by atoms with van der Waals surface area (Å²) in [4.78, 5) is 27.3. The number of hydrogen-bond donors (Lipinski definition) is 4. The largest absolute Gasteiger partial charge is 0.480 e. The molecular weight excluding hydrogens is 434 g/mol. The predicted octanol–water partition coefficient (Wildman–Crippen LogP) is 5.01. The summed E-state index contributed by atoms with van der Waals surface area (Å²) in [5.41, 5.74) is 4.53. The van der Waals surface area contributed by atoms with Crippen molar-refractivity contribution in [3.63, 3.8) is 0 Å². The molecule has 4 aromatic rings. The van der Waals surface area contributed by atoms with Crippen LogP contribution < -0.4 is 10.6 Å². The topological polar surface area (TPSA) is 121 Å². The van der Waals surface area contributed by atoms with Crippen LogP contribution in [-0.4, -0.2) is 39.3 Å². The van der Waals surface area contributed by atoms with Crippen molar-refractivity contribution in [3.05, 3.63) is 72.3 Å². The normalized spacial score (nSPS) is 12.9. The monoisotopic (exact) mass is 459 g/mol. The van der Waals surface area contributed by atoms with E-state index in [-0.39, 0.29) is 6.61 Å². The van der Waals surface area contributed by atoms with Gasteiger partial charge in [-0.3, -0.25) is 4.79 Å². The molecule has 2 unspecified atom stereocenters. The summed E-state index contributed by atoms with van der Waals surface area (Å²) in [7, 11) is 0. The first-order chi connectivity index (χ1) is 16.3. The van der Waals surface area contributed by atoms with Gasteiger partial charge in [0.25, 0.3) is 0 Å². The summed E-state index contributed by atoms with van der Waals surface area (Å²) in [6.45, 7) is 3.07. The summed E-state index contributed by atoms with van der Waals surface area (Å²) >= 11 is 0. The number of anilines is 3. The van der Waals surface area contributed by atoms with Crippen LogP contribution >= 0.6 is 0 Å². The molecule has 0 saturated carbocycles. The molecular formula is C26H25N3O5. The number of benzene rings is 3. The van der Waals surface area contributed by atoms with Gasteiger partial charge in [0, 0.05) is 22.1 Å². The highest BCUT2D eigenvalue weighted by molar-refractivity contribution is 6.08. The second kappa shape index (κ2) is 9.76. The highest BCUT2D eigenvalue weighted by Crippen LogP contribution is 2.34. The molecule has 0 aliphatic carbocycles. The van der Waals surface area contributed by atoms with Crippen LogP contribution in [0.5, 0.6) is 0 Å². The van der Waals surface area contributed by atoms with Crippen LogP contribution in [0.25, 0.3) is 21.8 Å². The lowest BCUT2D eigenvalue weighted by Gasteiger charge is -2.18. The van der Waals surface area contributed by atoms with E-state index in [1.165, 1.54) is 6.92 Å². The maximum Gasteiger partial charge on any atom is 0.332 e. The first kappa shape index (κ1) is 23.0. The Labute approximate surface area is 196 Å². The summed E-state index contributed by atoms with van der Waals surface area (Å²) in [5, 5.41) is 26.8. The van der Waals surface area contributed by atoms with Gasteiger partial charge in [0.15, 0.2) is 6.10 Å².